The van der Waals surface area contributed by atoms with E-state index in [9.17, 15) is 5.11 Å². The van der Waals surface area contributed by atoms with Gasteiger partial charge in [0, 0.05) is 10.6 Å². The minimum atomic E-state index is -0.194. The van der Waals surface area contributed by atoms with Crippen LogP contribution in [-0.2, 0) is 0 Å². The van der Waals surface area contributed by atoms with Gasteiger partial charge in [0.1, 0.15) is 0 Å². The smallest absolute Gasteiger partial charge is 0.0588 e. The van der Waals surface area contributed by atoms with Gasteiger partial charge < -0.3 is 5.11 Å². The van der Waals surface area contributed by atoms with E-state index in [0.29, 0.717) is 5.92 Å². The van der Waals surface area contributed by atoms with E-state index < -0.39 is 0 Å². The molecule has 2 atom stereocenters. The third kappa shape index (κ3) is 3.05. The molecule has 1 aliphatic rings. The lowest BCUT2D eigenvalue weighted by molar-refractivity contribution is 0.0527. The van der Waals surface area contributed by atoms with Crippen molar-refractivity contribution in [1.82, 2.24) is 0 Å². The molecule has 1 nitrogen and oxygen atoms in total. The quantitative estimate of drug-likeness (QED) is 0.873. The molecular formula is C15H22OS. The third-order valence-electron chi connectivity index (χ3n) is 3.59. The molecule has 0 bridgehead atoms. The van der Waals surface area contributed by atoms with Gasteiger partial charge in [-0.05, 0) is 35.8 Å². The Balaban J connectivity index is 1.94. The predicted octanol–water partition coefficient (Wildman–Crippen LogP) is 4.06. The second kappa shape index (κ2) is 5.03. The fourth-order valence-corrected chi connectivity index (χ4v) is 3.56. The van der Waals surface area contributed by atoms with Crippen molar-refractivity contribution in [2.45, 2.75) is 50.5 Å². The van der Waals surface area contributed by atoms with E-state index in [1.54, 1.807) is 0 Å². The summed E-state index contributed by atoms with van der Waals surface area (Å²) in [6.07, 6.45) is 1.81. The molecule has 2 unspecified atom stereocenters. The molecule has 0 aliphatic carbocycles. The summed E-state index contributed by atoms with van der Waals surface area (Å²) in [6, 6.07) is 8.68. The highest BCUT2D eigenvalue weighted by molar-refractivity contribution is 7.99. The van der Waals surface area contributed by atoms with Crippen molar-refractivity contribution in [3.05, 3.63) is 29.8 Å². The average Bonchev–Trinajstić information content (AvgIpc) is 2.68. The van der Waals surface area contributed by atoms with Crippen LogP contribution in [0.5, 0.6) is 0 Å². The van der Waals surface area contributed by atoms with Crippen molar-refractivity contribution in [1.29, 1.82) is 0 Å². The van der Waals surface area contributed by atoms with Crippen molar-refractivity contribution in [3.63, 3.8) is 0 Å². The van der Waals surface area contributed by atoms with Crippen LogP contribution in [0.2, 0.25) is 0 Å². The molecule has 2 heteroatoms. The Morgan fingerprint density at radius 3 is 2.76 bits per heavy atom. The lowest BCUT2D eigenvalue weighted by Gasteiger charge is -2.26. The Morgan fingerprint density at radius 1 is 1.35 bits per heavy atom. The second-order valence-electron chi connectivity index (χ2n) is 6.00. The standard InChI is InChI=1S/C15H22OS/c1-15(2,3)14(16)9-8-11-10-17-13-7-5-4-6-12(11)13/h4-7,11,14,16H,8-10H2,1-3H3. The van der Waals surface area contributed by atoms with Gasteiger partial charge in [0.25, 0.3) is 0 Å². The van der Waals surface area contributed by atoms with Crippen molar-refractivity contribution < 1.29 is 5.11 Å². The largest absolute Gasteiger partial charge is 0.393 e. The number of fused-ring (bicyclic) bond motifs is 1. The normalized spacial score (nSPS) is 21.3. The number of benzene rings is 1. The molecule has 1 aromatic carbocycles. The van der Waals surface area contributed by atoms with Gasteiger partial charge in [-0.25, -0.2) is 0 Å². The average molecular weight is 250 g/mol. The molecule has 1 aliphatic heterocycles. The molecule has 1 heterocycles. The lowest BCUT2D eigenvalue weighted by atomic mass is 9.84. The SMILES string of the molecule is CC(C)(C)C(O)CCC1CSc2ccccc21. The number of hydrogen-bond acceptors (Lipinski definition) is 2. The van der Waals surface area contributed by atoms with Crippen LogP contribution >= 0.6 is 11.8 Å². The van der Waals surface area contributed by atoms with Gasteiger partial charge in [0.15, 0.2) is 0 Å². The van der Waals surface area contributed by atoms with Crippen LogP contribution in [-0.4, -0.2) is 17.0 Å². The molecule has 0 fully saturated rings. The highest BCUT2D eigenvalue weighted by atomic mass is 32.2. The van der Waals surface area contributed by atoms with Gasteiger partial charge in [0.2, 0.25) is 0 Å². The second-order valence-corrected chi connectivity index (χ2v) is 7.07. The first kappa shape index (κ1) is 13.0. The molecule has 0 amide bonds. The minimum Gasteiger partial charge on any atom is -0.393 e. The fourth-order valence-electron chi connectivity index (χ4n) is 2.26. The number of hydrogen-bond donors (Lipinski definition) is 1. The van der Waals surface area contributed by atoms with E-state index in [-0.39, 0.29) is 11.5 Å². The van der Waals surface area contributed by atoms with E-state index in [1.807, 2.05) is 11.8 Å². The van der Waals surface area contributed by atoms with Crippen molar-refractivity contribution >= 4 is 11.8 Å². The Labute approximate surface area is 109 Å². The number of aliphatic hydroxyl groups is 1. The minimum absolute atomic E-state index is 0.00522. The van der Waals surface area contributed by atoms with Crippen LogP contribution in [0.25, 0.3) is 0 Å². The van der Waals surface area contributed by atoms with E-state index in [2.05, 4.69) is 45.0 Å². The first-order valence-corrected chi connectivity index (χ1v) is 7.37. The van der Waals surface area contributed by atoms with Gasteiger partial charge in [-0.15, -0.1) is 11.8 Å². The summed E-state index contributed by atoms with van der Waals surface area (Å²) in [5.41, 5.74) is 1.49. The maximum absolute atomic E-state index is 10.1. The van der Waals surface area contributed by atoms with Crippen LogP contribution in [0.4, 0.5) is 0 Å². The lowest BCUT2D eigenvalue weighted by Crippen LogP contribution is -2.26. The zero-order valence-electron chi connectivity index (χ0n) is 10.9. The van der Waals surface area contributed by atoms with Crippen LogP contribution in [0.1, 0.15) is 45.1 Å². The van der Waals surface area contributed by atoms with Crippen LogP contribution < -0.4 is 0 Å². The summed E-state index contributed by atoms with van der Waals surface area (Å²) in [7, 11) is 0. The first-order chi connectivity index (χ1) is 7.98. The molecule has 0 spiro atoms. The van der Waals surface area contributed by atoms with Gasteiger partial charge in [-0.2, -0.15) is 0 Å². The van der Waals surface area contributed by atoms with Crippen LogP contribution in [0.15, 0.2) is 29.2 Å². The molecule has 0 radical (unpaired) electrons. The summed E-state index contributed by atoms with van der Waals surface area (Å²) in [6.45, 7) is 6.32. The van der Waals surface area contributed by atoms with Gasteiger partial charge in [0.05, 0.1) is 6.10 Å². The summed E-state index contributed by atoms with van der Waals surface area (Å²) < 4.78 is 0. The predicted molar refractivity (Wildman–Crippen MR) is 74.6 cm³/mol. The van der Waals surface area contributed by atoms with Gasteiger partial charge in [-0.3, -0.25) is 0 Å². The van der Waals surface area contributed by atoms with E-state index >= 15 is 0 Å². The molecule has 94 valence electrons. The summed E-state index contributed by atoms with van der Waals surface area (Å²) >= 11 is 1.95. The molecule has 17 heavy (non-hydrogen) atoms. The molecular weight excluding hydrogens is 228 g/mol. The maximum atomic E-state index is 10.1. The monoisotopic (exact) mass is 250 g/mol. The summed E-state index contributed by atoms with van der Waals surface area (Å²) in [5, 5.41) is 10.1. The Bertz CT molecular complexity index is 381. The van der Waals surface area contributed by atoms with E-state index in [4.69, 9.17) is 0 Å². The molecule has 2 rings (SSSR count). The maximum Gasteiger partial charge on any atom is 0.0588 e. The number of thioether (sulfide) groups is 1. The van der Waals surface area contributed by atoms with Crippen molar-refractivity contribution in [3.8, 4) is 0 Å². The van der Waals surface area contributed by atoms with E-state index in [1.165, 1.54) is 16.2 Å². The van der Waals surface area contributed by atoms with Crippen molar-refractivity contribution in [2.24, 2.45) is 5.41 Å². The summed E-state index contributed by atoms with van der Waals surface area (Å²) in [4.78, 5) is 1.43. The zero-order valence-corrected chi connectivity index (χ0v) is 11.8. The van der Waals surface area contributed by atoms with Crippen LogP contribution in [0, 0.1) is 5.41 Å². The highest BCUT2D eigenvalue weighted by Gasteiger charge is 2.26. The first-order valence-electron chi connectivity index (χ1n) is 6.38. The third-order valence-corrected chi connectivity index (χ3v) is 4.84. The van der Waals surface area contributed by atoms with Crippen LogP contribution in [0.3, 0.4) is 0 Å². The Kier molecular flexibility index (Phi) is 3.84. The highest BCUT2D eigenvalue weighted by Crippen LogP contribution is 2.42. The zero-order chi connectivity index (χ0) is 12.5. The number of rotatable bonds is 3. The van der Waals surface area contributed by atoms with E-state index in [0.717, 1.165) is 12.8 Å². The van der Waals surface area contributed by atoms with Gasteiger partial charge >= 0.3 is 0 Å². The number of aliphatic hydroxyl groups excluding tert-OH is 1. The topological polar surface area (TPSA) is 20.2 Å². The van der Waals surface area contributed by atoms with Crippen molar-refractivity contribution in [2.75, 3.05) is 5.75 Å². The molecule has 0 saturated carbocycles. The molecule has 1 aromatic rings. The molecule has 0 aromatic heterocycles. The Morgan fingerprint density at radius 2 is 2.06 bits per heavy atom. The fraction of sp³-hybridized carbons (Fsp3) is 0.600. The Hall–Kier alpha value is -0.470. The molecule has 1 N–H and O–H groups in total. The summed E-state index contributed by atoms with van der Waals surface area (Å²) in [5.74, 6) is 1.81. The van der Waals surface area contributed by atoms with Gasteiger partial charge in [-0.1, -0.05) is 39.0 Å². The molecule has 0 saturated heterocycles.